The fraction of sp³-hybridized carbons (Fsp3) is 0.692. The maximum atomic E-state index is 5.75. The Morgan fingerprint density at radius 1 is 1.39 bits per heavy atom. The molecule has 0 amide bonds. The van der Waals surface area contributed by atoms with Gasteiger partial charge >= 0.3 is 0 Å². The summed E-state index contributed by atoms with van der Waals surface area (Å²) in [5.74, 6) is 2.20. The molecule has 5 heteroatoms. The van der Waals surface area contributed by atoms with Crippen molar-refractivity contribution >= 4 is 17.4 Å². The molecule has 1 heterocycles. The van der Waals surface area contributed by atoms with Gasteiger partial charge in [0.05, 0.1) is 6.61 Å². The van der Waals surface area contributed by atoms with Gasteiger partial charge in [0, 0.05) is 24.5 Å². The van der Waals surface area contributed by atoms with Gasteiger partial charge in [-0.1, -0.05) is 6.92 Å². The maximum Gasteiger partial charge on any atom is 0.218 e. The number of aromatic nitrogens is 2. The number of anilines is 1. The van der Waals surface area contributed by atoms with Crippen molar-refractivity contribution in [3.05, 3.63) is 12.4 Å². The quantitative estimate of drug-likeness (QED) is 0.681. The Bertz CT molecular complexity index is 347. The number of halogens is 1. The molecule has 0 spiro atoms. The molecule has 0 saturated heterocycles. The molecule has 0 aliphatic carbocycles. The first-order chi connectivity index (χ1) is 8.69. The van der Waals surface area contributed by atoms with E-state index in [1.165, 1.54) is 0 Å². The van der Waals surface area contributed by atoms with Crippen LogP contribution >= 0.6 is 11.6 Å². The van der Waals surface area contributed by atoms with E-state index in [2.05, 4.69) is 35.6 Å². The van der Waals surface area contributed by atoms with Crippen LogP contribution in [0.15, 0.2) is 12.4 Å². The van der Waals surface area contributed by atoms with Crippen molar-refractivity contribution in [1.29, 1.82) is 0 Å². The molecular formula is C13H22ClN3O. The molecule has 0 aliphatic rings. The van der Waals surface area contributed by atoms with Crippen LogP contribution in [0.5, 0.6) is 5.88 Å². The summed E-state index contributed by atoms with van der Waals surface area (Å²) in [5.41, 5.74) is 0. The van der Waals surface area contributed by atoms with Gasteiger partial charge in [-0.05, 0) is 26.7 Å². The smallest absolute Gasteiger partial charge is 0.218 e. The molecule has 0 atom stereocenters. The lowest BCUT2D eigenvalue weighted by Gasteiger charge is -2.27. The minimum absolute atomic E-state index is 0.377. The molecule has 0 bridgehead atoms. The average Bonchev–Trinajstić information content (AvgIpc) is 2.37. The standard InChI is InChI=1S/C13H22ClN3O/c1-4-8-18-13-9-12(15-10-16-13)17(11(2)3)7-5-6-14/h9-11H,4-8H2,1-3H3. The number of rotatable bonds is 8. The number of ether oxygens (including phenoxy) is 1. The van der Waals surface area contributed by atoms with Crippen LogP contribution in [-0.2, 0) is 0 Å². The molecule has 18 heavy (non-hydrogen) atoms. The van der Waals surface area contributed by atoms with Crippen LogP contribution < -0.4 is 9.64 Å². The highest BCUT2D eigenvalue weighted by molar-refractivity contribution is 6.17. The Kier molecular flexibility index (Phi) is 6.80. The molecule has 0 fully saturated rings. The molecule has 102 valence electrons. The van der Waals surface area contributed by atoms with Crippen LogP contribution in [0.1, 0.15) is 33.6 Å². The van der Waals surface area contributed by atoms with Gasteiger partial charge < -0.3 is 9.64 Å². The Hall–Kier alpha value is -1.03. The number of nitrogens with zero attached hydrogens (tertiary/aromatic N) is 3. The molecule has 0 radical (unpaired) electrons. The van der Waals surface area contributed by atoms with Crippen molar-refractivity contribution < 1.29 is 4.74 Å². The zero-order valence-electron chi connectivity index (χ0n) is 11.4. The van der Waals surface area contributed by atoms with Crippen molar-refractivity contribution in [2.75, 3.05) is 23.9 Å². The first-order valence-corrected chi connectivity index (χ1v) is 7.00. The fourth-order valence-electron chi connectivity index (χ4n) is 1.64. The van der Waals surface area contributed by atoms with Crippen molar-refractivity contribution in [2.45, 2.75) is 39.7 Å². The molecule has 1 rings (SSSR count). The monoisotopic (exact) mass is 271 g/mol. The van der Waals surface area contributed by atoms with Gasteiger partial charge in [0.1, 0.15) is 12.1 Å². The predicted molar refractivity (Wildman–Crippen MR) is 75.6 cm³/mol. The van der Waals surface area contributed by atoms with Crippen molar-refractivity contribution in [3.8, 4) is 5.88 Å². The second-order valence-electron chi connectivity index (χ2n) is 4.39. The summed E-state index contributed by atoms with van der Waals surface area (Å²) in [6.45, 7) is 7.93. The van der Waals surface area contributed by atoms with Gasteiger partial charge in [0.2, 0.25) is 5.88 Å². The third-order valence-electron chi connectivity index (χ3n) is 2.53. The second-order valence-corrected chi connectivity index (χ2v) is 4.77. The van der Waals surface area contributed by atoms with Crippen LogP contribution in [0, 0.1) is 0 Å². The zero-order chi connectivity index (χ0) is 13.4. The van der Waals surface area contributed by atoms with Crippen LogP contribution in [0.3, 0.4) is 0 Å². The Labute approximate surface area is 114 Å². The van der Waals surface area contributed by atoms with E-state index in [1.54, 1.807) is 6.33 Å². The van der Waals surface area contributed by atoms with Gasteiger partial charge in [0.25, 0.3) is 0 Å². The summed E-state index contributed by atoms with van der Waals surface area (Å²) in [6, 6.07) is 2.27. The molecular weight excluding hydrogens is 250 g/mol. The van der Waals surface area contributed by atoms with E-state index < -0.39 is 0 Å². The van der Waals surface area contributed by atoms with Crippen molar-refractivity contribution in [3.63, 3.8) is 0 Å². The van der Waals surface area contributed by atoms with E-state index in [-0.39, 0.29) is 0 Å². The summed E-state index contributed by atoms with van der Waals surface area (Å²) < 4.78 is 5.53. The molecule has 0 N–H and O–H groups in total. The van der Waals surface area contributed by atoms with Crippen LogP contribution in [0.25, 0.3) is 0 Å². The molecule has 1 aromatic heterocycles. The van der Waals surface area contributed by atoms with E-state index in [4.69, 9.17) is 16.3 Å². The first-order valence-electron chi connectivity index (χ1n) is 6.46. The number of alkyl halides is 1. The lowest BCUT2D eigenvalue weighted by molar-refractivity contribution is 0.304. The van der Waals surface area contributed by atoms with E-state index in [9.17, 15) is 0 Å². The Morgan fingerprint density at radius 3 is 2.78 bits per heavy atom. The first kappa shape index (κ1) is 15.0. The zero-order valence-corrected chi connectivity index (χ0v) is 12.2. The predicted octanol–water partition coefficient (Wildman–Crippen LogP) is 3.11. The molecule has 0 aromatic carbocycles. The minimum atomic E-state index is 0.377. The maximum absolute atomic E-state index is 5.75. The van der Waals surface area contributed by atoms with E-state index in [1.807, 2.05) is 6.07 Å². The Balaban J connectivity index is 2.77. The third-order valence-corrected chi connectivity index (χ3v) is 2.80. The molecule has 1 aromatic rings. The summed E-state index contributed by atoms with van der Waals surface area (Å²) in [6.07, 6.45) is 3.46. The van der Waals surface area contributed by atoms with Gasteiger partial charge in [-0.3, -0.25) is 0 Å². The largest absolute Gasteiger partial charge is 0.478 e. The third kappa shape index (κ3) is 4.69. The summed E-state index contributed by atoms with van der Waals surface area (Å²) in [4.78, 5) is 10.6. The van der Waals surface area contributed by atoms with Gasteiger partial charge in [-0.15, -0.1) is 11.6 Å². The molecule has 0 saturated carbocycles. The lowest BCUT2D eigenvalue weighted by atomic mass is 10.3. The Morgan fingerprint density at radius 2 is 2.17 bits per heavy atom. The van der Waals surface area contributed by atoms with Crippen LogP contribution in [0.4, 0.5) is 5.82 Å². The van der Waals surface area contributed by atoms with E-state index in [0.717, 1.165) is 25.2 Å². The second kappa shape index (κ2) is 8.14. The molecule has 0 aliphatic heterocycles. The fourth-order valence-corrected chi connectivity index (χ4v) is 1.76. The van der Waals surface area contributed by atoms with E-state index in [0.29, 0.717) is 24.4 Å². The molecule has 0 unspecified atom stereocenters. The normalized spacial score (nSPS) is 10.7. The SMILES string of the molecule is CCCOc1cc(N(CCCCl)C(C)C)ncn1. The minimum Gasteiger partial charge on any atom is -0.478 e. The average molecular weight is 272 g/mol. The summed E-state index contributed by atoms with van der Waals surface area (Å²) in [7, 11) is 0. The lowest BCUT2D eigenvalue weighted by Crippen LogP contribution is -2.32. The molecule has 4 nitrogen and oxygen atoms in total. The highest BCUT2D eigenvalue weighted by Crippen LogP contribution is 2.18. The van der Waals surface area contributed by atoms with Gasteiger partial charge in [-0.25, -0.2) is 9.97 Å². The number of hydrogen-bond donors (Lipinski definition) is 0. The number of hydrogen-bond acceptors (Lipinski definition) is 4. The summed E-state index contributed by atoms with van der Waals surface area (Å²) in [5, 5.41) is 0. The highest BCUT2D eigenvalue weighted by atomic mass is 35.5. The van der Waals surface area contributed by atoms with E-state index >= 15 is 0 Å². The van der Waals surface area contributed by atoms with Gasteiger partial charge in [-0.2, -0.15) is 0 Å². The van der Waals surface area contributed by atoms with Crippen molar-refractivity contribution in [1.82, 2.24) is 9.97 Å². The van der Waals surface area contributed by atoms with Crippen LogP contribution in [0.2, 0.25) is 0 Å². The summed E-state index contributed by atoms with van der Waals surface area (Å²) >= 11 is 5.75. The van der Waals surface area contributed by atoms with Crippen molar-refractivity contribution in [2.24, 2.45) is 0 Å². The van der Waals surface area contributed by atoms with Crippen LogP contribution in [-0.4, -0.2) is 35.0 Å². The van der Waals surface area contributed by atoms with Gasteiger partial charge in [0.15, 0.2) is 0 Å². The topological polar surface area (TPSA) is 38.2 Å². The highest BCUT2D eigenvalue weighted by Gasteiger charge is 2.12.